The predicted octanol–water partition coefficient (Wildman–Crippen LogP) is 0.300. The first-order valence-electron chi connectivity index (χ1n) is 3.59. The minimum absolute atomic E-state index is 0.0284. The molecule has 0 amide bonds. The number of hydrogen-bond acceptors (Lipinski definition) is 4. The third-order valence-corrected chi connectivity index (χ3v) is 4.29. The Kier molecular flexibility index (Phi) is 3.04. The molecule has 4 nitrogen and oxygen atoms in total. The van der Waals surface area contributed by atoms with E-state index in [0.29, 0.717) is 12.0 Å². The largest absolute Gasteiger partial charge is 0.236 e. The average molecular weight is 245 g/mol. The van der Waals surface area contributed by atoms with E-state index >= 15 is 0 Å². The molecule has 1 heterocycles. The smallest absolute Gasteiger partial charge is 0.228 e. The molecule has 1 saturated heterocycles. The van der Waals surface area contributed by atoms with Gasteiger partial charge in [0.05, 0.1) is 17.3 Å². The topological polar surface area (TPSA) is 68.3 Å². The maximum atomic E-state index is 10.9. The second-order valence-electron chi connectivity index (χ2n) is 2.91. The lowest BCUT2D eigenvalue weighted by Gasteiger charge is -1.91. The zero-order valence-corrected chi connectivity index (χ0v) is 9.12. The van der Waals surface area contributed by atoms with Crippen molar-refractivity contribution in [2.75, 3.05) is 17.3 Å². The summed E-state index contributed by atoms with van der Waals surface area (Å²) in [5.41, 5.74) is 0.643. The monoisotopic (exact) mass is 244 g/mol. The standard InChI is InChI=1S/C6H9ClO4S2/c7-13(10,11)4-2-6-1-3-12(8,9)5-6/h2H,1,3-5H2/b6-2+. The number of halogens is 1. The molecule has 0 aromatic rings. The highest BCUT2D eigenvalue weighted by Gasteiger charge is 2.22. The molecule has 7 heteroatoms. The minimum atomic E-state index is -3.55. The summed E-state index contributed by atoms with van der Waals surface area (Å²) in [6.45, 7) is 0. The van der Waals surface area contributed by atoms with Gasteiger partial charge in [0.15, 0.2) is 9.84 Å². The van der Waals surface area contributed by atoms with E-state index in [1.54, 1.807) is 0 Å². The van der Waals surface area contributed by atoms with Crippen LogP contribution in [0.4, 0.5) is 0 Å². The van der Waals surface area contributed by atoms with Crippen LogP contribution in [0.2, 0.25) is 0 Å². The molecule has 76 valence electrons. The zero-order chi connectivity index (χ0) is 10.1. The summed E-state index contributed by atoms with van der Waals surface area (Å²) >= 11 is 0. The normalized spacial score (nSPS) is 25.2. The van der Waals surface area contributed by atoms with Gasteiger partial charge in [0, 0.05) is 10.7 Å². The summed E-state index contributed by atoms with van der Waals surface area (Å²) in [6, 6.07) is 0. The molecule has 1 rings (SSSR count). The van der Waals surface area contributed by atoms with E-state index in [4.69, 9.17) is 10.7 Å². The second kappa shape index (κ2) is 3.59. The summed E-state index contributed by atoms with van der Waals surface area (Å²) < 4.78 is 42.9. The van der Waals surface area contributed by atoms with Gasteiger partial charge in [0.1, 0.15) is 0 Å². The Labute approximate surface area is 81.9 Å². The lowest BCUT2D eigenvalue weighted by molar-refractivity contribution is 0.602. The van der Waals surface area contributed by atoms with E-state index < -0.39 is 18.9 Å². The molecular formula is C6H9ClO4S2. The van der Waals surface area contributed by atoms with Crippen LogP contribution in [-0.2, 0) is 18.9 Å². The first kappa shape index (κ1) is 11.0. The van der Waals surface area contributed by atoms with Crippen molar-refractivity contribution in [3.8, 4) is 0 Å². The van der Waals surface area contributed by atoms with Crippen LogP contribution < -0.4 is 0 Å². The van der Waals surface area contributed by atoms with Crippen molar-refractivity contribution in [2.24, 2.45) is 0 Å². The van der Waals surface area contributed by atoms with Gasteiger partial charge in [-0.2, -0.15) is 0 Å². The highest BCUT2D eigenvalue weighted by atomic mass is 35.7. The maximum absolute atomic E-state index is 10.9. The van der Waals surface area contributed by atoms with Gasteiger partial charge in [-0.1, -0.05) is 11.6 Å². The summed E-state index contributed by atoms with van der Waals surface area (Å²) in [4.78, 5) is 0. The maximum Gasteiger partial charge on any atom is 0.236 e. The molecule has 0 radical (unpaired) electrons. The molecule has 1 aliphatic heterocycles. The first-order valence-corrected chi connectivity index (χ1v) is 7.89. The Bertz CT molecular complexity index is 418. The van der Waals surface area contributed by atoms with Gasteiger partial charge in [-0.3, -0.25) is 0 Å². The minimum Gasteiger partial charge on any atom is -0.228 e. The van der Waals surface area contributed by atoms with Crippen molar-refractivity contribution in [1.82, 2.24) is 0 Å². The van der Waals surface area contributed by atoms with Crippen molar-refractivity contribution >= 4 is 29.6 Å². The quantitative estimate of drug-likeness (QED) is 0.518. The molecular weight excluding hydrogens is 236 g/mol. The molecule has 0 N–H and O–H groups in total. The van der Waals surface area contributed by atoms with Gasteiger partial charge in [-0.15, -0.1) is 0 Å². The van der Waals surface area contributed by atoms with Crippen LogP contribution >= 0.6 is 10.7 Å². The molecule has 0 bridgehead atoms. The molecule has 1 fully saturated rings. The van der Waals surface area contributed by atoms with Crippen LogP contribution in [0.25, 0.3) is 0 Å². The van der Waals surface area contributed by atoms with Gasteiger partial charge >= 0.3 is 0 Å². The van der Waals surface area contributed by atoms with Crippen molar-refractivity contribution in [3.05, 3.63) is 11.6 Å². The zero-order valence-electron chi connectivity index (χ0n) is 6.73. The van der Waals surface area contributed by atoms with Crippen LogP contribution in [0.15, 0.2) is 11.6 Å². The van der Waals surface area contributed by atoms with Crippen LogP contribution in [0.3, 0.4) is 0 Å². The molecule has 13 heavy (non-hydrogen) atoms. The summed E-state index contributed by atoms with van der Waals surface area (Å²) in [5, 5.41) is 0. The third-order valence-electron chi connectivity index (χ3n) is 1.71. The number of hydrogen-bond donors (Lipinski definition) is 0. The van der Waals surface area contributed by atoms with E-state index in [-0.39, 0.29) is 17.3 Å². The third kappa shape index (κ3) is 4.10. The van der Waals surface area contributed by atoms with E-state index in [2.05, 4.69) is 0 Å². The Morgan fingerprint density at radius 2 is 2.08 bits per heavy atom. The number of sulfone groups is 1. The molecule has 0 aromatic heterocycles. The molecule has 0 spiro atoms. The lowest BCUT2D eigenvalue weighted by atomic mass is 10.2. The Balaban J connectivity index is 2.68. The van der Waals surface area contributed by atoms with E-state index in [1.807, 2.05) is 0 Å². The highest BCUT2D eigenvalue weighted by molar-refractivity contribution is 8.13. The molecule has 0 unspecified atom stereocenters. The van der Waals surface area contributed by atoms with E-state index in [0.717, 1.165) is 0 Å². The Morgan fingerprint density at radius 1 is 1.46 bits per heavy atom. The molecule has 0 saturated carbocycles. The predicted molar refractivity (Wildman–Crippen MR) is 51.0 cm³/mol. The van der Waals surface area contributed by atoms with Crippen molar-refractivity contribution < 1.29 is 16.8 Å². The van der Waals surface area contributed by atoms with Crippen molar-refractivity contribution in [1.29, 1.82) is 0 Å². The van der Waals surface area contributed by atoms with E-state index in [9.17, 15) is 16.8 Å². The van der Waals surface area contributed by atoms with Crippen LogP contribution in [-0.4, -0.2) is 34.1 Å². The highest BCUT2D eigenvalue weighted by Crippen LogP contribution is 2.17. The molecule has 0 atom stereocenters. The Morgan fingerprint density at radius 3 is 2.46 bits per heavy atom. The Hall–Kier alpha value is -0.0700. The number of rotatable bonds is 2. The second-order valence-corrected chi connectivity index (χ2v) is 7.92. The molecule has 0 aromatic carbocycles. The van der Waals surface area contributed by atoms with Gasteiger partial charge in [-0.25, -0.2) is 16.8 Å². The van der Waals surface area contributed by atoms with Crippen molar-refractivity contribution in [2.45, 2.75) is 6.42 Å². The van der Waals surface area contributed by atoms with Crippen LogP contribution in [0.5, 0.6) is 0 Å². The summed E-state index contributed by atoms with van der Waals surface area (Å²) in [7, 11) is -1.56. The average Bonchev–Trinajstić information content (AvgIpc) is 2.24. The van der Waals surface area contributed by atoms with Gasteiger partial charge in [-0.05, 0) is 6.42 Å². The summed E-state index contributed by atoms with van der Waals surface area (Å²) in [6.07, 6.45) is 1.81. The van der Waals surface area contributed by atoms with Gasteiger partial charge in [0.2, 0.25) is 9.05 Å². The van der Waals surface area contributed by atoms with Crippen LogP contribution in [0.1, 0.15) is 6.42 Å². The molecule has 1 aliphatic rings. The van der Waals surface area contributed by atoms with Crippen molar-refractivity contribution in [3.63, 3.8) is 0 Å². The fraction of sp³-hybridized carbons (Fsp3) is 0.667. The van der Waals surface area contributed by atoms with Crippen LogP contribution in [0, 0.1) is 0 Å². The fourth-order valence-corrected chi connectivity index (χ4v) is 3.26. The van der Waals surface area contributed by atoms with E-state index in [1.165, 1.54) is 6.08 Å². The van der Waals surface area contributed by atoms with Gasteiger partial charge < -0.3 is 0 Å². The lowest BCUT2D eigenvalue weighted by Crippen LogP contribution is -2.00. The first-order chi connectivity index (χ1) is 5.79. The SMILES string of the molecule is O=S(=O)(Cl)C/C=C1\CCS(=O)(=O)C1. The fourth-order valence-electron chi connectivity index (χ4n) is 1.09. The summed E-state index contributed by atoms with van der Waals surface area (Å²) in [5.74, 6) is -0.208. The van der Waals surface area contributed by atoms with Gasteiger partial charge in [0.25, 0.3) is 0 Å². The molecule has 0 aliphatic carbocycles.